The lowest BCUT2D eigenvalue weighted by molar-refractivity contribution is -0.125. The summed E-state index contributed by atoms with van der Waals surface area (Å²) < 4.78 is 18.2. The number of amides is 1. The van der Waals surface area contributed by atoms with Gasteiger partial charge in [-0.15, -0.1) is 0 Å². The molecule has 0 saturated heterocycles. The van der Waals surface area contributed by atoms with E-state index < -0.39 is 0 Å². The monoisotopic (exact) mass is 239 g/mol. The van der Waals surface area contributed by atoms with Crippen LogP contribution in [0.2, 0.25) is 0 Å². The molecule has 1 N–H and O–H groups in total. The minimum atomic E-state index is -0.352. The van der Waals surface area contributed by atoms with Crippen molar-refractivity contribution in [2.24, 2.45) is 0 Å². The number of carbonyl (C=O) groups excluding carboxylic acids is 1. The SMILES string of the molecule is Cc1cc(F)ccc1NC(=O)COC(C)(C)C. The van der Waals surface area contributed by atoms with Gasteiger partial charge in [-0.2, -0.15) is 0 Å². The predicted molar refractivity (Wildman–Crippen MR) is 65.5 cm³/mol. The Morgan fingerprint density at radius 1 is 1.41 bits per heavy atom. The molecule has 17 heavy (non-hydrogen) atoms. The summed E-state index contributed by atoms with van der Waals surface area (Å²) >= 11 is 0. The molecule has 3 nitrogen and oxygen atoms in total. The molecule has 0 fully saturated rings. The number of ether oxygens (including phenoxy) is 1. The first-order valence-corrected chi connectivity index (χ1v) is 5.48. The van der Waals surface area contributed by atoms with E-state index in [1.165, 1.54) is 12.1 Å². The van der Waals surface area contributed by atoms with Crippen LogP contribution >= 0.6 is 0 Å². The molecule has 0 atom stereocenters. The van der Waals surface area contributed by atoms with Crippen molar-refractivity contribution in [3.63, 3.8) is 0 Å². The Morgan fingerprint density at radius 2 is 2.06 bits per heavy atom. The minimum Gasteiger partial charge on any atom is -0.366 e. The highest BCUT2D eigenvalue weighted by Crippen LogP contribution is 2.15. The van der Waals surface area contributed by atoms with Crippen molar-refractivity contribution in [1.82, 2.24) is 0 Å². The fourth-order valence-corrected chi connectivity index (χ4v) is 1.24. The first-order valence-electron chi connectivity index (χ1n) is 5.48. The second kappa shape index (κ2) is 5.27. The first kappa shape index (κ1) is 13.6. The maximum atomic E-state index is 12.9. The summed E-state index contributed by atoms with van der Waals surface area (Å²) in [6.07, 6.45) is 0. The van der Waals surface area contributed by atoms with Crippen LogP contribution in [0.1, 0.15) is 26.3 Å². The third-order valence-electron chi connectivity index (χ3n) is 2.10. The van der Waals surface area contributed by atoms with Gasteiger partial charge in [-0.1, -0.05) is 0 Å². The highest BCUT2D eigenvalue weighted by atomic mass is 19.1. The smallest absolute Gasteiger partial charge is 0.250 e. The van der Waals surface area contributed by atoms with E-state index in [1.54, 1.807) is 13.0 Å². The van der Waals surface area contributed by atoms with Crippen molar-refractivity contribution in [3.05, 3.63) is 29.6 Å². The largest absolute Gasteiger partial charge is 0.366 e. The Balaban J connectivity index is 2.57. The molecule has 0 aliphatic rings. The van der Waals surface area contributed by atoms with Crippen LogP contribution in [0.5, 0.6) is 0 Å². The van der Waals surface area contributed by atoms with Crippen molar-refractivity contribution < 1.29 is 13.9 Å². The maximum Gasteiger partial charge on any atom is 0.250 e. The van der Waals surface area contributed by atoms with Crippen molar-refractivity contribution in [1.29, 1.82) is 0 Å². The van der Waals surface area contributed by atoms with Gasteiger partial charge in [0, 0.05) is 5.69 Å². The summed E-state index contributed by atoms with van der Waals surface area (Å²) in [5.74, 6) is -0.555. The average molecular weight is 239 g/mol. The Morgan fingerprint density at radius 3 is 2.59 bits per heavy atom. The number of halogens is 1. The third kappa shape index (κ3) is 4.95. The Bertz CT molecular complexity index is 410. The lowest BCUT2D eigenvalue weighted by Crippen LogP contribution is -2.27. The highest BCUT2D eigenvalue weighted by Gasteiger charge is 2.13. The van der Waals surface area contributed by atoms with Crippen LogP contribution in [-0.4, -0.2) is 18.1 Å². The van der Waals surface area contributed by atoms with E-state index in [-0.39, 0.29) is 23.9 Å². The molecule has 0 unspecified atom stereocenters. The van der Waals surface area contributed by atoms with Gasteiger partial charge in [-0.25, -0.2) is 4.39 Å². The number of benzene rings is 1. The molecule has 94 valence electrons. The number of hydrogen-bond acceptors (Lipinski definition) is 2. The molecular weight excluding hydrogens is 221 g/mol. The van der Waals surface area contributed by atoms with Gasteiger partial charge in [0.25, 0.3) is 0 Å². The van der Waals surface area contributed by atoms with E-state index in [0.717, 1.165) is 0 Å². The van der Waals surface area contributed by atoms with E-state index in [0.29, 0.717) is 11.3 Å². The Labute approximate surface area is 101 Å². The Hall–Kier alpha value is -1.42. The fourth-order valence-electron chi connectivity index (χ4n) is 1.24. The zero-order valence-electron chi connectivity index (χ0n) is 10.6. The van der Waals surface area contributed by atoms with E-state index in [1.807, 2.05) is 20.8 Å². The number of carbonyl (C=O) groups is 1. The molecule has 0 aliphatic heterocycles. The van der Waals surface area contributed by atoms with Crippen LogP contribution in [0, 0.1) is 12.7 Å². The number of nitrogens with one attached hydrogen (secondary N) is 1. The van der Waals surface area contributed by atoms with Gasteiger partial charge in [-0.3, -0.25) is 4.79 Å². The van der Waals surface area contributed by atoms with Crippen LogP contribution in [0.3, 0.4) is 0 Å². The zero-order valence-corrected chi connectivity index (χ0v) is 10.6. The van der Waals surface area contributed by atoms with Gasteiger partial charge < -0.3 is 10.1 Å². The molecule has 4 heteroatoms. The zero-order chi connectivity index (χ0) is 13.1. The summed E-state index contributed by atoms with van der Waals surface area (Å²) in [5.41, 5.74) is 0.942. The molecule has 0 spiro atoms. The van der Waals surface area contributed by atoms with E-state index >= 15 is 0 Å². The minimum absolute atomic E-state index is 0.0136. The number of aryl methyl sites for hydroxylation is 1. The lowest BCUT2D eigenvalue weighted by atomic mass is 10.2. The summed E-state index contributed by atoms with van der Waals surface area (Å²) in [4.78, 5) is 11.6. The van der Waals surface area contributed by atoms with Crippen LogP contribution in [0.4, 0.5) is 10.1 Å². The number of rotatable bonds is 3. The lowest BCUT2D eigenvalue weighted by Gasteiger charge is -2.19. The van der Waals surface area contributed by atoms with E-state index in [4.69, 9.17) is 4.74 Å². The number of anilines is 1. The number of hydrogen-bond donors (Lipinski definition) is 1. The summed E-state index contributed by atoms with van der Waals surface area (Å²) in [7, 11) is 0. The van der Waals surface area contributed by atoms with Gasteiger partial charge in [0.15, 0.2) is 0 Å². The standard InChI is InChI=1S/C13H18FNO2/c1-9-7-10(14)5-6-11(9)15-12(16)8-17-13(2,3)4/h5-7H,8H2,1-4H3,(H,15,16). The maximum absolute atomic E-state index is 12.9. The molecule has 1 aromatic rings. The molecule has 0 bridgehead atoms. The van der Waals surface area contributed by atoms with Gasteiger partial charge in [0.05, 0.1) is 5.60 Å². The van der Waals surface area contributed by atoms with Crippen molar-refractivity contribution in [2.75, 3.05) is 11.9 Å². The average Bonchev–Trinajstić information content (AvgIpc) is 2.18. The van der Waals surface area contributed by atoms with Crippen molar-refractivity contribution >= 4 is 11.6 Å². The second-order valence-corrected chi connectivity index (χ2v) is 4.91. The van der Waals surface area contributed by atoms with Crippen LogP contribution < -0.4 is 5.32 Å². The predicted octanol–water partition coefficient (Wildman–Crippen LogP) is 2.89. The van der Waals surface area contributed by atoms with E-state index in [2.05, 4.69) is 5.32 Å². The molecule has 0 aliphatic carbocycles. The molecular formula is C13H18FNO2. The van der Waals surface area contributed by atoms with Gasteiger partial charge in [0.2, 0.25) is 5.91 Å². The molecule has 0 radical (unpaired) electrons. The molecule has 1 amide bonds. The van der Waals surface area contributed by atoms with Crippen molar-refractivity contribution in [2.45, 2.75) is 33.3 Å². The molecule has 0 aromatic heterocycles. The quantitative estimate of drug-likeness (QED) is 0.880. The van der Waals surface area contributed by atoms with Crippen LogP contribution in [-0.2, 0) is 9.53 Å². The third-order valence-corrected chi connectivity index (χ3v) is 2.10. The van der Waals surface area contributed by atoms with Crippen LogP contribution in [0.15, 0.2) is 18.2 Å². The fraction of sp³-hybridized carbons (Fsp3) is 0.462. The van der Waals surface area contributed by atoms with Gasteiger partial charge in [0.1, 0.15) is 12.4 Å². The summed E-state index contributed by atoms with van der Waals surface area (Å²) in [6, 6.07) is 4.23. The summed E-state index contributed by atoms with van der Waals surface area (Å²) in [5, 5.41) is 2.68. The topological polar surface area (TPSA) is 38.3 Å². The second-order valence-electron chi connectivity index (χ2n) is 4.91. The molecule has 1 rings (SSSR count). The van der Waals surface area contributed by atoms with Gasteiger partial charge in [-0.05, 0) is 51.5 Å². The summed E-state index contributed by atoms with van der Waals surface area (Å²) in [6.45, 7) is 7.36. The molecule has 1 aromatic carbocycles. The first-order chi connectivity index (χ1) is 7.78. The highest BCUT2D eigenvalue weighted by molar-refractivity contribution is 5.92. The normalized spacial score (nSPS) is 11.4. The molecule has 0 heterocycles. The van der Waals surface area contributed by atoms with E-state index in [9.17, 15) is 9.18 Å². The van der Waals surface area contributed by atoms with Crippen molar-refractivity contribution in [3.8, 4) is 0 Å². The Kier molecular flexibility index (Phi) is 4.23. The van der Waals surface area contributed by atoms with Crippen LogP contribution in [0.25, 0.3) is 0 Å². The van der Waals surface area contributed by atoms with Gasteiger partial charge >= 0.3 is 0 Å². The molecule has 0 saturated carbocycles.